The lowest BCUT2D eigenvalue weighted by Crippen LogP contribution is -2.27. The summed E-state index contributed by atoms with van der Waals surface area (Å²) in [4.78, 5) is 16.6. The van der Waals surface area contributed by atoms with E-state index < -0.39 is 9.22 Å². The van der Waals surface area contributed by atoms with Gasteiger partial charge in [0.15, 0.2) is 0 Å². The topological polar surface area (TPSA) is 41.9 Å². The summed E-state index contributed by atoms with van der Waals surface area (Å²) in [6.45, 7) is 2.01. The highest BCUT2D eigenvalue weighted by atomic mass is 35.6. The van der Waals surface area contributed by atoms with Crippen LogP contribution in [0.25, 0.3) is 0 Å². The fourth-order valence-electron chi connectivity index (χ4n) is 0.894. The molecular weight excluding hydrogens is 403 g/mol. The van der Waals surface area contributed by atoms with Gasteiger partial charge in [0.1, 0.15) is 9.12 Å². The van der Waals surface area contributed by atoms with E-state index in [0.717, 1.165) is 4.31 Å². The fraction of sp³-hybridized carbons (Fsp3) is 0.778. The lowest BCUT2D eigenvalue weighted by atomic mass is 10.5. The molecule has 0 unspecified atom stereocenters. The molecule has 0 atom stereocenters. The molecule has 0 spiro atoms. The minimum atomic E-state index is -1.63. The maximum absolute atomic E-state index is 11.7. The minimum Gasteiger partial charge on any atom is -0.296 e. The predicted octanol–water partition coefficient (Wildman–Crippen LogP) is 5.15. The van der Waals surface area contributed by atoms with Crippen LogP contribution in [0.3, 0.4) is 0 Å². The number of hydrogen-bond acceptors (Lipinski definition) is 7. The summed E-state index contributed by atoms with van der Waals surface area (Å²) >= 11 is 22.1. The Labute approximate surface area is 151 Å². The molecule has 4 nitrogen and oxygen atoms in total. The molecule has 0 bridgehead atoms. The zero-order valence-corrected chi connectivity index (χ0v) is 17.0. The van der Waals surface area contributed by atoms with Crippen molar-refractivity contribution >= 4 is 93.2 Å². The number of amides is 1. The summed E-state index contributed by atoms with van der Waals surface area (Å²) in [6.07, 6.45) is 5.10. The van der Waals surface area contributed by atoms with Gasteiger partial charge < -0.3 is 0 Å². The summed E-state index contributed by atoms with van der Waals surface area (Å²) in [5, 5.41) is 4.60. The van der Waals surface area contributed by atoms with E-state index in [1.165, 1.54) is 18.8 Å². The second kappa shape index (κ2) is 9.37. The highest BCUT2D eigenvalue weighted by Gasteiger charge is 2.31. The second-order valence-electron chi connectivity index (χ2n) is 3.35. The molecule has 0 aliphatic heterocycles. The Kier molecular flexibility index (Phi) is 9.94. The minimum absolute atomic E-state index is 0.277. The van der Waals surface area contributed by atoms with Gasteiger partial charge in [-0.1, -0.05) is 40.0 Å². The summed E-state index contributed by atoms with van der Waals surface area (Å²) < 4.78 is -0.836. The SMILES string of the molecule is CSC(=NOC(=O)N(C)SC(Cl)(Cl)Cl)C(C)(SC)SC. The average molecular weight is 418 g/mol. The first-order chi connectivity index (χ1) is 9.09. The Morgan fingerprint density at radius 1 is 1.20 bits per heavy atom. The van der Waals surface area contributed by atoms with Crippen LogP contribution in [-0.2, 0) is 4.84 Å². The van der Waals surface area contributed by atoms with Crippen molar-refractivity contribution < 1.29 is 9.63 Å². The lowest BCUT2D eigenvalue weighted by Gasteiger charge is -2.25. The molecule has 0 rings (SSSR count). The number of oxime groups is 1. The van der Waals surface area contributed by atoms with E-state index in [9.17, 15) is 4.79 Å². The van der Waals surface area contributed by atoms with Gasteiger partial charge in [-0.3, -0.25) is 4.84 Å². The Hall–Kier alpha value is 1.21. The maximum Gasteiger partial charge on any atom is 0.445 e. The van der Waals surface area contributed by atoms with Crippen LogP contribution in [0.1, 0.15) is 6.92 Å². The van der Waals surface area contributed by atoms with Crippen LogP contribution in [0.4, 0.5) is 4.79 Å². The van der Waals surface area contributed by atoms with E-state index in [1.54, 1.807) is 23.5 Å². The van der Waals surface area contributed by atoms with Crippen molar-refractivity contribution in [2.45, 2.75) is 14.1 Å². The predicted molar refractivity (Wildman–Crippen MR) is 98.5 cm³/mol. The highest BCUT2D eigenvalue weighted by molar-refractivity contribution is 8.24. The third-order valence-corrected chi connectivity index (χ3v) is 7.39. The highest BCUT2D eigenvalue weighted by Crippen LogP contribution is 2.41. The van der Waals surface area contributed by atoms with E-state index in [0.29, 0.717) is 17.0 Å². The van der Waals surface area contributed by atoms with Crippen molar-refractivity contribution in [3.8, 4) is 0 Å². The summed E-state index contributed by atoms with van der Waals surface area (Å²) in [5.74, 6) is 0. The first kappa shape index (κ1) is 21.2. The van der Waals surface area contributed by atoms with Crippen LogP contribution in [0.5, 0.6) is 0 Å². The molecule has 20 heavy (non-hydrogen) atoms. The number of halogens is 3. The Morgan fingerprint density at radius 2 is 1.70 bits per heavy atom. The van der Waals surface area contributed by atoms with E-state index in [-0.39, 0.29) is 4.08 Å². The number of carbonyl (C=O) groups is 1. The van der Waals surface area contributed by atoms with Crippen LogP contribution in [0.2, 0.25) is 0 Å². The van der Waals surface area contributed by atoms with E-state index in [1.807, 2.05) is 25.7 Å². The number of carbonyl (C=O) groups excluding carboxylic acids is 1. The van der Waals surface area contributed by atoms with Crippen LogP contribution in [-0.4, -0.2) is 48.5 Å². The zero-order chi connectivity index (χ0) is 16.0. The molecule has 0 aromatic heterocycles. The normalized spacial score (nSPS) is 13.3. The van der Waals surface area contributed by atoms with E-state index >= 15 is 0 Å². The Balaban J connectivity index is 4.78. The van der Waals surface area contributed by atoms with Crippen molar-refractivity contribution in [1.29, 1.82) is 0 Å². The molecule has 0 aromatic rings. The molecule has 0 fully saturated rings. The third kappa shape index (κ3) is 7.47. The molecule has 0 N–H and O–H groups in total. The monoisotopic (exact) mass is 416 g/mol. The number of nitrogens with zero attached hydrogens (tertiary/aromatic N) is 2. The van der Waals surface area contributed by atoms with Gasteiger partial charge in [0.2, 0.25) is 0 Å². The van der Waals surface area contributed by atoms with Gasteiger partial charge in [0.25, 0.3) is 3.12 Å². The molecule has 11 heteroatoms. The first-order valence-corrected chi connectivity index (χ1v) is 10.6. The van der Waals surface area contributed by atoms with Gasteiger partial charge in [-0.2, -0.15) is 0 Å². The Morgan fingerprint density at radius 3 is 2.05 bits per heavy atom. The van der Waals surface area contributed by atoms with Gasteiger partial charge in [-0.05, 0) is 25.7 Å². The van der Waals surface area contributed by atoms with Crippen molar-refractivity contribution in [3.63, 3.8) is 0 Å². The van der Waals surface area contributed by atoms with Gasteiger partial charge in [0, 0.05) is 19.0 Å². The summed E-state index contributed by atoms with van der Waals surface area (Å²) in [5.41, 5.74) is 0. The van der Waals surface area contributed by atoms with Gasteiger partial charge in [-0.15, -0.1) is 35.3 Å². The van der Waals surface area contributed by atoms with Crippen LogP contribution in [0.15, 0.2) is 5.16 Å². The average Bonchev–Trinajstić information content (AvgIpc) is 2.36. The molecule has 0 saturated heterocycles. The fourth-order valence-corrected chi connectivity index (χ4v) is 4.82. The number of alkyl halides is 3. The first-order valence-electron chi connectivity index (χ1n) is 5.03. The van der Waals surface area contributed by atoms with Gasteiger partial charge >= 0.3 is 6.09 Å². The molecule has 0 heterocycles. The van der Waals surface area contributed by atoms with Gasteiger partial charge in [-0.25, -0.2) is 9.10 Å². The largest absolute Gasteiger partial charge is 0.445 e. The van der Waals surface area contributed by atoms with Crippen LogP contribution in [0, 0.1) is 0 Å². The third-order valence-electron chi connectivity index (χ3n) is 2.07. The van der Waals surface area contributed by atoms with Gasteiger partial charge in [0.05, 0.1) is 0 Å². The molecule has 0 aliphatic rings. The second-order valence-corrected chi connectivity index (χ2v) is 11.1. The number of hydrogen-bond donors (Lipinski definition) is 0. The summed E-state index contributed by atoms with van der Waals surface area (Å²) in [6, 6.07) is 0. The van der Waals surface area contributed by atoms with Crippen molar-refractivity contribution in [2.75, 3.05) is 25.8 Å². The smallest absolute Gasteiger partial charge is 0.296 e. The van der Waals surface area contributed by atoms with E-state index in [2.05, 4.69) is 5.16 Å². The number of rotatable bonds is 5. The standard InChI is InChI=1S/C9H15Cl3N2O2S4/c1-8(18-4,19-5)6(17-3)13-16-7(15)14(2)20-9(10,11)12/h1-5H3. The Bertz CT molecular complexity index is 362. The van der Waals surface area contributed by atoms with Crippen LogP contribution < -0.4 is 0 Å². The van der Waals surface area contributed by atoms with E-state index in [4.69, 9.17) is 39.6 Å². The van der Waals surface area contributed by atoms with Crippen LogP contribution >= 0.6 is 82.0 Å². The molecular formula is C9H15Cl3N2O2S4. The molecule has 0 saturated carbocycles. The zero-order valence-electron chi connectivity index (χ0n) is 11.5. The summed E-state index contributed by atoms with van der Waals surface area (Å²) in [7, 11) is 1.44. The van der Waals surface area contributed by atoms with Crippen molar-refractivity contribution in [2.24, 2.45) is 5.16 Å². The maximum atomic E-state index is 11.7. The number of thioether (sulfide) groups is 3. The van der Waals surface area contributed by atoms with Crippen molar-refractivity contribution in [1.82, 2.24) is 4.31 Å². The lowest BCUT2D eigenvalue weighted by molar-refractivity contribution is 0.137. The molecule has 0 radical (unpaired) electrons. The molecule has 0 aliphatic carbocycles. The molecule has 1 amide bonds. The van der Waals surface area contributed by atoms with Crippen molar-refractivity contribution in [3.05, 3.63) is 0 Å². The quantitative estimate of drug-likeness (QED) is 0.117. The molecule has 118 valence electrons. The molecule has 0 aromatic carbocycles.